The maximum absolute atomic E-state index is 13.2. The molecule has 2 rings (SSSR count). The highest BCUT2D eigenvalue weighted by molar-refractivity contribution is 14.0. The largest absolute Gasteiger partial charge is 0.357 e. The van der Waals surface area contributed by atoms with Crippen molar-refractivity contribution in [2.24, 2.45) is 4.99 Å². The van der Waals surface area contributed by atoms with Gasteiger partial charge in [-0.3, -0.25) is 4.79 Å². The van der Waals surface area contributed by atoms with Gasteiger partial charge in [-0.15, -0.1) is 24.0 Å². The van der Waals surface area contributed by atoms with Crippen LogP contribution in [0.4, 0.5) is 4.39 Å². The van der Waals surface area contributed by atoms with E-state index >= 15 is 0 Å². The Labute approximate surface area is 189 Å². The van der Waals surface area contributed by atoms with Gasteiger partial charge in [0, 0.05) is 25.2 Å². The molecule has 0 unspecified atom stereocenters. The minimum Gasteiger partial charge on any atom is -0.357 e. The molecule has 0 heterocycles. The number of halogens is 2. The van der Waals surface area contributed by atoms with Crippen LogP contribution < -0.4 is 16.0 Å². The second-order valence-corrected chi connectivity index (χ2v) is 6.50. The Morgan fingerprint density at radius 1 is 1.03 bits per heavy atom. The van der Waals surface area contributed by atoms with Crippen LogP contribution in [0.3, 0.4) is 0 Å². The van der Waals surface area contributed by atoms with Gasteiger partial charge in [0.25, 0.3) is 5.91 Å². The van der Waals surface area contributed by atoms with Gasteiger partial charge in [0.1, 0.15) is 5.82 Å². The summed E-state index contributed by atoms with van der Waals surface area (Å²) in [6, 6.07) is 12.3. The van der Waals surface area contributed by atoms with E-state index < -0.39 is 0 Å². The van der Waals surface area contributed by atoms with E-state index in [2.05, 4.69) is 20.9 Å². The summed E-state index contributed by atoms with van der Waals surface area (Å²) in [5.74, 6) is 0.428. The van der Waals surface area contributed by atoms with Crippen molar-refractivity contribution >= 4 is 35.8 Å². The molecule has 0 bridgehead atoms. The summed E-state index contributed by atoms with van der Waals surface area (Å²) < 4.78 is 13.2. The molecule has 158 valence electrons. The van der Waals surface area contributed by atoms with Crippen LogP contribution in [0, 0.1) is 12.7 Å². The third-order valence-corrected chi connectivity index (χ3v) is 4.28. The third-order valence-electron chi connectivity index (χ3n) is 4.28. The monoisotopic (exact) mass is 512 g/mol. The molecule has 2 aromatic rings. The van der Waals surface area contributed by atoms with Crippen molar-refractivity contribution in [1.29, 1.82) is 0 Å². The normalized spacial score (nSPS) is 10.8. The first-order valence-electron chi connectivity index (χ1n) is 9.67. The first kappa shape index (κ1) is 24.9. The van der Waals surface area contributed by atoms with Crippen molar-refractivity contribution in [3.05, 3.63) is 70.5 Å². The number of amides is 1. The highest BCUT2D eigenvalue weighted by atomic mass is 127. The Hall–Kier alpha value is -2.16. The van der Waals surface area contributed by atoms with Crippen LogP contribution in [0.25, 0.3) is 0 Å². The maximum Gasteiger partial charge on any atom is 0.251 e. The fraction of sp³-hybridized carbons (Fsp3) is 0.364. The summed E-state index contributed by atoms with van der Waals surface area (Å²) in [5.41, 5.74) is 3.67. The van der Waals surface area contributed by atoms with E-state index in [9.17, 15) is 9.18 Å². The fourth-order valence-corrected chi connectivity index (χ4v) is 2.84. The first-order valence-corrected chi connectivity index (χ1v) is 9.67. The second-order valence-electron chi connectivity index (χ2n) is 6.50. The van der Waals surface area contributed by atoms with Gasteiger partial charge in [0.2, 0.25) is 0 Å². The predicted octanol–water partition coefficient (Wildman–Crippen LogP) is 3.80. The van der Waals surface area contributed by atoms with Crippen molar-refractivity contribution < 1.29 is 9.18 Å². The van der Waals surface area contributed by atoms with Gasteiger partial charge >= 0.3 is 0 Å². The van der Waals surface area contributed by atoms with E-state index in [1.807, 2.05) is 45.0 Å². The molecule has 3 N–H and O–H groups in total. The molecular weight excluding hydrogens is 482 g/mol. The van der Waals surface area contributed by atoms with E-state index in [1.165, 1.54) is 6.07 Å². The SMILES string of the molecule is CCNC(=O)c1cccc(CN=C(NCC)NCCc2ccc(F)cc2C)c1.I. The van der Waals surface area contributed by atoms with E-state index in [0.717, 1.165) is 29.7 Å². The van der Waals surface area contributed by atoms with Crippen molar-refractivity contribution in [1.82, 2.24) is 16.0 Å². The van der Waals surface area contributed by atoms with Crippen LogP contribution in [-0.2, 0) is 13.0 Å². The molecule has 0 saturated carbocycles. The number of hydrogen-bond donors (Lipinski definition) is 3. The summed E-state index contributed by atoms with van der Waals surface area (Å²) in [5, 5.41) is 9.33. The molecule has 0 radical (unpaired) electrons. The molecule has 1 amide bonds. The minimum absolute atomic E-state index is 0. The number of benzene rings is 2. The fourth-order valence-electron chi connectivity index (χ4n) is 2.84. The number of nitrogens with zero attached hydrogens (tertiary/aromatic N) is 1. The van der Waals surface area contributed by atoms with Crippen molar-refractivity contribution in [3.63, 3.8) is 0 Å². The number of hydrogen-bond acceptors (Lipinski definition) is 2. The lowest BCUT2D eigenvalue weighted by molar-refractivity contribution is 0.0955. The van der Waals surface area contributed by atoms with E-state index in [-0.39, 0.29) is 35.7 Å². The molecule has 0 aliphatic heterocycles. The Kier molecular flexibility index (Phi) is 11.3. The topological polar surface area (TPSA) is 65.5 Å². The molecular formula is C22H30FIN4O. The molecule has 0 saturated heterocycles. The predicted molar refractivity (Wildman–Crippen MR) is 128 cm³/mol. The Balaban J connectivity index is 0.00000420. The number of nitrogens with one attached hydrogen (secondary N) is 3. The number of guanidine groups is 1. The second kappa shape index (κ2) is 13.1. The Morgan fingerprint density at radius 3 is 2.48 bits per heavy atom. The summed E-state index contributed by atoms with van der Waals surface area (Å²) >= 11 is 0. The molecule has 0 aliphatic carbocycles. The van der Waals surface area contributed by atoms with Crippen LogP contribution in [0.15, 0.2) is 47.5 Å². The van der Waals surface area contributed by atoms with E-state index in [0.29, 0.717) is 31.2 Å². The molecule has 0 spiro atoms. The summed E-state index contributed by atoms with van der Waals surface area (Å²) in [7, 11) is 0. The zero-order valence-electron chi connectivity index (χ0n) is 17.2. The van der Waals surface area contributed by atoms with Gasteiger partial charge < -0.3 is 16.0 Å². The first-order chi connectivity index (χ1) is 13.5. The van der Waals surface area contributed by atoms with E-state index in [4.69, 9.17) is 0 Å². The van der Waals surface area contributed by atoms with Gasteiger partial charge in [-0.05, 0) is 68.1 Å². The maximum atomic E-state index is 13.2. The minimum atomic E-state index is -0.209. The smallest absolute Gasteiger partial charge is 0.251 e. The van der Waals surface area contributed by atoms with E-state index in [1.54, 1.807) is 12.1 Å². The molecule has 7 heteroatoms. The van der Waals surface area contributed by atoms with Crippen LogP contribution in [-0.4, -0.2) is 31.5 Å². The highest BCUT2D eigenvalue weighted by Crippen LogP contribution is 2.10. The zero-order chi connectivity index (χ0) is 20.4. The van der Waals surface area contributed by atoms with Gasteiger partial charge in [0.05, 0.1) is 6.54 Å². The number of carbonyl (C=O) groups excluding carboxylic acids is 1. The number of carbonyl (C=O) groups is 1. The van der Waals surface area contributed by atoms with Gasteiger partial charge in [0.15, 0.2) is 5.96 Å². The van der Waals surface area contributed by atoms with Crippen molar-refractivity contribution in [2.45, 2.75) is 33.7 Å². The standard InChI is InChI=1S/C22H29FN4O.HI/c1-4-24-21(28)19-8-6-7-17(14-19)15-27-22(25-5-2)26-12-11-18-9-10-20(23)13-16(18)3;/h6-10,13-14H,4-5,11-12,15H2,1-3H3,(H,24,28)(H2,25,26,27);1H. The molecule has 29 heavy (non-hydrogen) atoms. The van der Waals surface area contributed by atoms with Crippen molar-refractivity contribution in [3.8, 4) is 0 Å². The number of rotatable bonds is 8. The molecule has 0 aliphatic rings. The lowest BCUT2D eigenvalue weighted by Gasteiger charge is -2.12. The average Bonchev–Trinajstić information content (AvgIpc) is 2.68. The number of aryl methyl sites for hydroxylation is 1. The molecule has 0 atom stereocenters. The van der Waals surface area contributed by atoms with Crippen LogP contribution in [0.5, 0.6) is 0 Å². The quantitative estimate of drug-likeness (QED) is 0.287. The summed E-state index contributed by atoms with van der Waals surface area (Å²) in [4.78, 5) is 16.6. The molecule has 0 aromatic heterocycles. The zero-order valence-corrected chi connectivity index (χ0v) is 19.5. The van der Waals surface area contributed by atoms with Gasteiger partial charge in [-0.25, -0.2) is 9.38 Å². The van der Waals surface area contributed by atoms with Crippen LogP contribution >= 0.6 is 24.0 Å². The van der Waals surface area contributed by atoms with Crippen LogP contribution in [0.1, 0.15) is 40.9 Å². The lowest BCUT2D eigenvalue weighted by Crippen LogP contribution is -2.38. The summed E-state index contributed by atoms with van der Waals surface area (Å²) in [6.07, 6.45) is 0.781. The number of aliphatic imine (C=N–C) groups is 1. The Morgan fingerprint density at radius 2 is 1.79 bits per heavy atom. The third kappa shape index (κ3) is 8.39. The van der Waals surface area contributed by atoms with Gasteiger partial charge in [-0.2, -0.15) is 0 Å². The van der Waals surface area contributed by atoms with Crippen LogP contribution in [0.2, 0.25) is 0 Å². The molecule has 0 fully saturated rings. The summed E-state index contributed by atoms with van der Waals surface area (Å²) in [6.45, 7) is 8.34. The Bertz CT molecular complexity index is 826. The average molecular weight is 512 g/mol. The molecule has 5 nitrogen and oxygen atoms in total. The van der Waals surface area contributed by atoms with Gasteiger partial charge in [-0.1, -0.05) is 18.2 Å². The van der Waals surface area contributed by atoms with Crippen molar-refractivity contribution in [2.75, 3.05) is 19.6 Å². The molecule has 2 aromatic carbocycles. The highest BCUT2D eigenvalue weighted by Gasteiger charge is 2.05. The lowest BCUT2D eigenvalue weighted by atomic mass is 10.1.